The molecule has 2 aliphatic heterocycles. The lowest BCUT2D eigenvalue weighted by molar-refractivity contribution is -0.137. The van der Waals surface area contributed by atoms with Crippen LogP contribution < -0.4 is 10.2 Å². The molecule has 2 amide bonds. The summed E-state index contributed by atoms with van der Waals surface area (Å²) in [6.45, 7) is 4.70. The number of sulfonamides is 1. The number of piperazine rings is 2. The molecule has 0 unspecified atom stereocenters. The standard InChI is InChI=1S/C23H28N4O4S/c1-18-7-9-20(10-8-18)32(30,31)27-12-11-24-23(29)21(27)17-22(28)26-15-13-25(14-16-26)19-5-3-2-4-6-19/h2-10,21H,11-17H2,1H3,(H,24,29)/t21-/m0/s1. The van der Waals surface area contributed by atoms with Crippen molar-refractivity contribution in [3.63, 3.8) is 0 Å². The molecule has 2 aromatic carbocycles. The molecule has 1 atom stereocenters. The van der Waals surface area contributed by atoms with Crippen LogP contribution >= 0.6 is 0 Å². The molecule has 0 saturated carbocycles. The monoisotopic (exact) mass is 456 g/mol. The number of rotatable bonds is 5. The topological polar surface area (TPSA) is 90.0 Å². The van der Waals surface area contributed by atoms with E-state index in [0.29, 0.717) is 26.2 Å². The van der Waals surface area contributed by atoms with E-state index in [2.05, 4.69) is 10.2 Å². The summed E-state index contributed by atoms with van der Waals surface area (Å²) in [5.41, 5.74) is 2.06. The number of hydrogen-bond acceptors (Lipinski definition) is 5. The Balaban J connectivity index is 1.45. The Kier molecular flexibility index (Phi) is 6.48. The Morgan fingerprint density at radius 2 is 1.62 bits per heavy atom. The van der Waals surface area contributed by atoms with Gasteiger partial charge in [0, 0.05) is 45.0 Å². The van der Waals surface area contributed by atoms with Crippen molar-refractivity contribution in [2.75, 3.05) is 44.2 Å². The molecule has 0 spiro atoms. The molecule has 0 aromatic heterocycles. The first-order chi connectivity index (χ1) is 15.4. The molecule has 0 bridgehead atoms. The highest BCUT2D eigenvalue weighted by Gasteiger charge is 2.40. The van der Waals surface area contributed by atoms with E-state index in [0.717, 1.165) is 11.3 Å². The van der Waals surface area contributed by atoms with Gasteiger partial charge >= 0.3 is 0 Å². The summed E-state index contributed by atoms with van der Waals surface area (Å²) in [6, 6.07) is 15.5. The zero-order valence-corrected chi connectivity index (χ0v) is 18.9. The third-order valence-electron chi connectivity index (χ3n) is 6.03. The number of para-hydroxylation sites is 1. The Morgan fingerprint density at radius 3 is 2.28 bits per heavy atom. The number of hydrogen-bond donors (Lipinski definition) is 1. The van der Waals surface area contributed by atoms with Gasteiger partial charge in [-0.25, -0.2) is 8.42 Å². The van der Waals surface area contributed by atoms with Crippen LogP contribution in [0.2, 0.25) is 0 Å². The predicted octanol–water partition coefficient (Wildman–Crippen LogP) is 1.22. The predicted molar refractivity (Wildman–Crippen MR) is 122 cm³/mol. The Morgan fingerprint density at radius 1 is 0.969 bits per heavy atom. The second-order valence-corrected chi connectivity index (χ2v) is 10.0. The number of anilines is 1. The maximum Gasteiger partial charge on any atom is 0.243 e. The molecule has 0 radical (unpaired) electrons. The third-order valence-corrected chi connectivity index (χ3v) is 7.95. The zero-order chi connectivity index (χ0) is 22.7. The summed E-state index contributed by atoms with van der Waals surface area (Å²) >= 11 is 0. The van der Waals surface area contributed by atoms with Crippen molar-refractivity contribution in [1.82, 2.24) is 14.5 Å². The van der Waals surface area contributed by atoms with Gasteiger partial charge in [-0.1, -0.05) is 35.9 Å². The number of carbonyl (C=O) groups is 2. The lowest BCUT2D eigenvalue weighted by atomic mass is 10.1. The second kappa shape index (κ2) is 9.30. The molecule has 1 N–H and O–H groups in total. The van der Waals surface area contributed by atoms with Gasteiger partial charge in [-0.15, -0.1) is 0 Å². The highest BCUT2D eigenvalue weighted by Crippen LogP contribution is 2.23. The van der Waals surface area contributed by atoms with Gasteiger partial charge in [-0.2, -0.15) is 4.31 Å². The van der Waals surface area contributed by atoms with Crippen LogP contribution in [0.15, 0.2) is 59.5 Å². The number of nitrogens with zero attached hydrogens (tertiary/aromatic N) is 3. The van der Waals surface area contributed by atoms with E-state index in [1.165, 1.54) is 4.31 Å². The van der Waals surface area contributed by atoms with E-state index in [4.69, 9.17) is 0 Å². The lowest BCUT2D eigenvalue weighted by Crippen LogP contribution is -2.59. The molecule has 4 rings (SSSR count). The largest absolute Gasteiger partial charge is 0.368 e. The van der Waals surface area contributed by atoms with Gasteiger partial charge in [-0.3, -0.25) is 9.59 Å². The van der Waals surface area contributed by atoms with Crippen LogP contribution in [0.3, 0.4) is 0 Å². The summed E-state index contributed by atoms with van der Waals surface area (Å²) in [4.78, 5) is 29.7. The van der Waals surface area contributed by atoms with Crippen molar-refractivity contribution in [2.45, 2.75) is 24.3 Å². The molecule has 2 aliphatic rings. The molecule has 2 saturated heterocycles. The van der Waals surface area contributed by atoms with Crippen LogP contribution in [0.5, 0.6) is 0 Å². The minimum atomic E-state index is -3.89. The Bertz CT molecular complexity index is 1060. The van der Waals surface area contributed by atoms with Crippen molar-refractivity contribution >= 4 is 27.5 Å². The number of amides is 2. The van der Waals surface area contributed by atoms with Crippen LogP contribution in [0.1, 0.15) is 12.0 Å². The van der Waals surface area contributed by atoms with Crippen LogP contribution in [0.25, 0.3) is 0 Å². The van der Waals surface area contributed by atoms with Gasteiger partial charge in [0.25, 0.3) is 0 Å². The van der Waals surface area contributed by atoms with Crippen LogP contribution in [0.4, 0.5) is 5.69 Å². The minimum Gasteiger partial charge on any atom is -0.368 e. The first-order valence-electron chi connectivity index (χ1n) is 10.8. The van der Waals surface area contributed by atoms with Crippen LogP contribution in [-0.2, 0) is 19.6 Å². The maximum absolute atomic E-state index is 13.2. The lowest BCUT2D eigenvalue weighted by Gasteiger charge is -2.38. The molecule has 2 heterocycles. The molecular formula is C23H28N4O4S. The van der Waals surface area contributed by atoms with Gasteiger partial charge in [-0.05, 0) is 31.2 Å². The molecule has 2 fully saturated rings. The molecule has 2 aromatic rings. The van der Waals surface area contributed by atoms with E-state index in [1.807, 2.05) is 37.3 Å². The van der Waals surface area contributed by atoms with Crippen molar-refractivity contribution in [2.24, 2.45) is 0 Å². The molecule has 8 nitrogen and oxygen atoms in total. The fraction of sp³-hybridized carbons (Fsp3) is 0.391. The fourth-order valence-corrected chi connectivity index (χ4v) is 5.76. The maximum atomic E-state index is 13.2. The highest BCUT2D eigenvalue weighted by molar-refractivity contribution is 7.89. The smallest absolute Gasteiger partial charge is 0.243 e. The van der Waals surface area contributed by atoms with Crippen molar-refractivity contribution in [1.29, 1.82) is 0 Å². The van der Waals surface area contributed by atoms with E-state index >= 15 is 0 Å². The van der Waals surface area contributed by atoms with Crippen molar-refractivity contribution < 1.29 is 18.0 Å². The van der Waals surface area contributed by atoms with Crippen molar-refractivity contribution in [3.8, 4) is 0 Å². The average Bonchev–Trinajstić information content (AvgIpc) is 2.81. The fourth-order valence-electron chi connectivity index (χ4n) is 4.17. The van der Waals surface area contributed by atoms with E-state index in [1.54, 1.807) is 29.2 Å². The zero-order valence-electron chi connectivity index (χ0n) is 18.1. The van der Waals surface area contributed by atoms with Gasteiger partial charge in [0.2, 0.25) is 21.8 Å². The minimum absolute atomic E-state index is 0.131. The normalized spacial score (nSPS) is 20.2. The number of nitrogens with one attached hydrogen (secondary N) is 1. The quantitative estimate of drug-likeness (QED) is 0.731. The van der Waals surface area contributed by atoms with E-state index in [-0.39, 0.29) is 30.3 Å². The van der Waals surface area contributed by atoms with Gasteiger partial charge in [0.05, 0.1) is 11.3 Å². The SMILES string of the molecule is Cc1ccc(S(=O)(=O)N2CCNC(=O)[C@@H]2CC(=O)N2CCN(c3ccccc3)CC2)cc1. The van der Waals surface area contributed by atoms with E-state index in [9.17, 15) is 18.0 Å². The second-order valence-electron chi connectivity index (χ2n) is 8.14. The van der Waals surface area contributed by atoms with Crippen LogP contribution in [-0.4, -0.2) is 74.7 Å². The molecule has 0 aliphatic carbocycles. The van der Waals surface area contributed by atoms with Gasteiger partial charge in [0.15, 0.2) is 0 Å². The first-order valence-corrected chi connectivity index (χ1v) is 12.2. The van der Waals surface area contributed by atoms with Crippen LogP contribution in [0, 0.1) is 6.92 Å². The summed E-state index contributed by atoms with van der Waals surface area (Å²) in [6.07, 6.45) is -0.164. The molecule has 9 heteroatoms. The average molecular weight is 457 g/mol. The summed E-state index contributed by atoms with van der Waals surface area (Å²) in [5.74, 6) is -0.632. The Labute approximate surface area is 188 Å². The molecule has 32 heavy (non-hydrogen) atoms. The number of benzene rings is 2. The number of aryl methyl sites for hydroxylation is 1. The summed E-state index contributed by atoms with van der Waals surface area (Å²) in [7, 11) is -3.89. The van der Waals surface area contributed by atoms with E-state index < -0.39 is 22.0 Å². The van der Waals surface area contributed by atoms with Gasteiger partial charge < -0.3 is 15.1 Å². The first kappa shape index (κ1) is 22.3. The van der Waals surface area contributed by atoms with Crippen molar-refractivity contribution in [3.05, 3.63) is 60.2 Å². The molecule has 170 valence electrons. The summed E-state index contributed by atoms with van der Waals surface area (Å²) in [5, 5.41) is 2.71. The highest BCUT2D eigenvalue weighted by atomic mass is 32.2. The Hall–Kier alpha value is -2.91. The summed E-state index contributed by atoms with van der Waals surface area (Å²) < 4.78 is 27.6. The molecular weight excluding hydrogens is 428 g/mol. The van der Waals surface area contributed by atoms with Gasteiger partial charge in [0.1, 0.15) is 6.04 Å². The number of carbonyl (C=O) groups excluding carboxylic acids is 2. The third kappa shape index (κ3) is 4.63.